The molecule has 2 aromatic heterocycles. The first-order valence-electron chi connectivity index (χ1n) is 8.48. The smallest absolute Gasteiger partial charge is 0.341 e. The zero-order chi connectivity index (χ0) is 20.4. The molecule has 146 valence electrons. The van der Waals surface area contributed by atoms with Gasteiger partial charge in [0.25, 0.3) is 11.5 Å². The summed E-state index contributed by atoms with van der Waals surface area (Å²) in [5, 5.41) is 11.6. The topological polar surface area (TPSA) is 124 Å². The third kappa shape index (κ3) is 3.73. The van der Waals surface area contributed by atoms with Crippen LogP contribution < -0.4 is 15.6 Å². The number of carbonyl (C=O) groups excluding carboxylic acids is 1. The number of amides is 1. The van der Waals surface area contributed by atoms with Crippen LogP contribution in [0.15, 0.2) is 39.8 Å². The molecule has 1 atom stereocenters. The third-order valence-electron chi connectivity index (χ3n) is 4.27. The summed E-state index contributed by atoms with van der Waals surface area (Å²) in [4.78, 5) is 39.8. The Kier molecular flexibility index (Phi) is 5.16. The number of carbonyl (C=O) groups is 2. The van der Waals surface area contributed by atoms with Crippen molar-refractivity contribution in [3.63, 3.8) is 0 Å². The second-order valence-electron chi connectivity index (χ2n) is 6.32. The largest absolute Gasteiger partial charge is 0.482 e. The Morgan fingerprint density at radius 2 is 2.00 bits per heavy atom. The summed E-state index contributed by atoms with van der Waals surface area (Å²) < 4.78 is 11.8. The molecule has 1 amide bonds. The number of benzene rings is 1. The lowest BCUT2D eigenvalue weighted by atomic mass is 10.1. The van der Waals surface area contributed by atoms with E-state index in [0.29, 0.717) is 11.5 Å². The van der Waals surface area contributed by atoms with Crippen molar-refractivity contribution in [2.45, 2.75) is 19.9 Å². The number of hydrogen-bond acceptors (Lipinski definition) is 6. The van der Waals surface area contributed by atoms with Crippen LogP contribution in [-0.4, -0.2) is 33.1 Å². The van der Waals surface area contributed by atoms with Gasteiger partial charge in [-0.1, -0.05) is 12.1 Å². The molecule has 28 heavy (non-hydrogen) atoms. The summed E-state index contributed by atoms with van der Waals surface area (Å²) in [6.07, 6.45) is 1.34. The van der Waals surface area contributed by atoms with Gasteiger partial charge < -0.3 is 24.1 Å². The number of aliphatic carboxylic acids is 1. The minimum Gasteiger partial charge on any atom is -0.482 e. The summed E-state index contributed by atoms with van der Waals surface area (Å²) in [6, 6.07) is 6.33. The highest BCUT2D eigenvalue weighted by atomic mass is 16.5. The van der Waals surface area contributed by atoms with E-state index in [-0.39, 0.29) is 28.3 Å². The Hall–Kier alpha value is -3.62. The molecule has 0 aliphatic heterocycles. The molecule has 0 fully saturated rings. The normalized spacial score (nSPS) is 12.0. The highest BCUT2D eigenvalue weighted by Gasteiger charge is 2.23. The van der Waals surface area contributed by atoms with Crippen molar-refractivity contribution in [3.05, 3.63) is 57.8 Å². The van der Waals surface area contributed by atoms with Crippen LogP contribution in [0.1, 0.15) is 34.6 Å². The summed E-state index contributed by atoms with van der Waals surface area (Å²) in [5.41, 5.74) is 0.711. The zero-order valence-corrected chi connectivity index (χ0v) is 15.6. The number of fused-ring (bicyclic) bond motifs is 1. The second-order valence-corrected chi connectivity index (χ2v) is 6.32. The lowest BCUT2D eigenvalue weighted by Crippen LogP contribution is -2.28. The van der Waals surface area contributed by atoms with E-state index in [0.717, 1.165) is 5.56 Å². The average molecular weight is 385 g/mol. The van der Waals surface area contributed by atoms with Gasteiger partial charge in [-0.25, -0.2) is 9.78 Å². The molecule has 0 spiro atoms. The molecule has 3 aromatic rings. The first-order chi connectivity index (χ1) is 13.3. The number of rotatable bonds is 6. The quantitative estimate of drug-likeness (QED) is 0.663. The average Bonchev–Trinajstić information content (AvgIpc) is 3.00. The van der Waals surface area contributed by atoms with E-state index in [1.165, 1.54) is 10.9 Å². The van der Waals surface area contributed by atoms with Crippen LogP contribution in [0, 0.1) is 6.92 Å². The fraction of sp³-hybridized carbons (Fsp3) is 0.263. The molecule has 0 bridgehead atoms. The molecule has 0 aliphatic rings. The van der Waals surface area contributed by atoms with Crippen molar-refractivity contribution in [1.29, 1.82) is 0 Å². The van der Waals surface area contributed by atoms with Crippen molar-refractivity contribution < 1.29 is 23.8 Å². The Morgan fingerprint density at radius 3 is 2.64 bits per heavy atom. The van der Waals surface area contributed by atoms with Crippen molar-refractivity contribution in [2.24, 2.45) is 7.05 Å². The Bertz CT molecular complexity index is 1100. The molecule has 3 rings (SSSR count). The van der Waals surface area contributed by atoms with Crippen LogP contribution >= 0.6 is 0 Å². The summed E-state index contributed by atoms with van der Waals surface area (Å²) >= 11 is 0. The predicted octanol–water partition coefficient (Wildman–Crippen LogP) is 1.79. The monoisotopic (exact) mass is 385 g/mol. The zero-order valence-electron chi connectivity index (χ0n) is 15.6. The first kappa shape index (κ1) is 19.2. The van der Waals surface area contributed by atoms with Gasteiger partial charge >= 0.3 is 5.97 Å². The standard InChI is InChI=1S/C19H19N3O6/c1-10(12-4-6-13(7-5-12)27-8-14(23)24)21-17(25)15-11(2)28-18-16(15)19(26)22(3)9-20-18/h4-7,9-10H,8H2,1-3H3,(H,21,25)(H,23,24). The van der Waals surface area contributed by atoms with Crippen LogP contribution in [0.3, 0.4) is 0 Å². The van der Waals surface area contributed by atoms with Gasteiger partial charge in [0, 0.05) is 7.05 Å². The van der Waals surface area contributed by atoms with Gasteiger partial charge in [0.2, 0.25) is 5.71 Å². The molecule has 0 radical (unpaired) electrons. The molecule has 9 heteroatoms. The number of hydrogen-bond donors (Lipinski definition) is 2. The van der Waals surface area contributed by atoms with E-state index >= 15 is 0 Å². The minimum atomic E-state index is -1.06. The highest BCUT2D eigenvalue weighted by Crippen LogP contribution is 2.23. The molecule has 2 N–H and O–H groups in total. The molecule has 2 heterocycles. The molecule has 1 aromatic carbocycles. The SMILES string of the molecule is Cc1oc2ncn(C)c(=O)c2c1C(=O)NC(C)c1ccc(OCC(=O)O)cc1. The number of aromatic nitrogens is 2. The maximum atomic E-state index is 12.8. The summed E-state index contributed by atoms with van der Waals surface area (Å²) in [5.74, 6) is -0.781. The fourth-order valence-electron chi connectivity index (χ4n) is 2.81. The van der Waals surface area contributed by atoms with Crippen molar-refractivity contribution in [2.75, 3.05) is 6.61 Å². The van der Waals surface area contributed by atoms with E-state index < -0.39 is 18.5 Å². The van der Waals surface area contributed by atoms with Crippen LogP contribution in [0.5, 0.6) is 5.75 Å². The number of carboxylic acid groups (broad SMARTS) is 1. The van der Waals surface area contributed by atoms with Gasteiger partial charge in [-0.3, -0.25) is 9.59 Å². The highest BCUT2D eigenvalue weighted by molar-refractivity contribution is 6.06. The van der Waals surface area contributed by atoms with Gasteiger partial charge in [-0.2, -0.15) is 0 Å². The molecule has 0 aliphatic carbocycles. The summed E-state index contributed by atoms with van der Waals surface area (Å²) in [6.45, 7) is 2.97. The Morgan fingerprint density at radius 1 is 1.32 bits per heavy atom. The second kappa shape index (κ2) is 7.55. The predicted molar refractivity (Wildman–Crippen MR) is 99.4 cm³/mol. The van der Waals surface area contributed by atoms with Gasteiger partial charge in [-0.05, 0) is 31.5 Å². The fourth-order valence-corrected chi connectivity index (χ4v) is 2.81. The maximum absolute atomic E-state index is 12.8. The molecule has 0 saturated carbocycles. The molecule has 0 saturated heterocycles. The van der Waals surface area contributed by atoms with Gasteiger partial charge in [0.15, 0.2) is 6.61 Å². The van der Waals surface area contributed by atoms with Crippen molar-refractivity contribution in [3.8, 4) is 5.75 Å². The van der Waals surface area contributed by atoms with E-state index in [1.807, 2.05) is 0 Å². The third-order valence-corrected chi connectivity index (χ3v) is 4.27. The van der Waals surface area contributed by atoms with Crippen LogP contribution in [0.4, 0.5) is 0 Å². The van der Waals surface area contributed by atoms with Gasteiger partial charge in [-0.15, -0.1) is 0 Å². The maximum Gasteiger partial charge on any atom is 0.341 e. The number of ether oxygens (including phenoxy) is 1. The van der Waals surface area contributed by atoms with Gasteiger partial charge in [0.05, 0.1) is 11.6 Å². The number of furan rings is 1. The van der Waals surface area contributed by atoms with E-state index in [4.69, 9.17) is 14.3 Å². The van der Waals surface area contributed by atoms with Crippen molar-refractivity contribution in [1.82, 2.24) is 14.9 Å². The molecular formula is C19H19N3O6. The van der Waals surface area contributed by atoms with E-state index in [2.05, 4.69) is 10.3 Å². The first-order valence-corrected chi connectivity index (χ1v) is 8.48. The minimum absolute atomic E-state index is 0.123. The van der Waals surface area contributed by atoms with Gasteiger partial charge in [0.1, 0.15) is 23.2 Å². The lowest BCUT2D eigenvalue weighted by molar-refractivity contribution is -0.139. The number of aryl methyl sites for hydroxylation is 2. The van der Waals surface area contributed by atoms with Crippen molar-refractivity contribution >= 4 is 23.0 Å². The van der Waals surface area contributed by atoms with Crippen LogP contribution in [0.2, 0.25) is 0 Å². The summed E-state index contributed by atoms with van der Waals surface area (Å²) in [7, 11) is 1.55. The number of nitrogens with zero attached hydrogens (tertiary/aromatic N) is 2. The molecular weight excluding hydrogens is 366 g/mol. The van der Waals surface area contributed by atoms with Crippen LogP contribution in [0.25, 0.3) is 11.1 Å². The number of nitrogens with one attached hydrogen (secondary N) is 1. The van der Waals surface area contributed by atoms with E-state index in [1.54, 1.807) is 45.2 Å². The Labute approximate surface area is 159 Å². The number of carboxylic acids is 1. The Balaban J connectivity index is 1.80. The molecule has 9 nitrogen and oxygen atoms in total. The lowest BCUT2D eigenvalue weighted by Gasteiger charge is -2.15. The van der Waals surface area contributed by atoms with E-state index in [9.17, 15) is 14.4 Å². The van der Waals surface area contributed by atoms with Crippen LogP contribution in [-0.2, 0) is 11.8 Å². The molecule has 1 unspecified atom stereocenters.